The van der Waals surface area contributed by atoms with Gasteiger partial charge in [-0.05, 0) is 31.7 Å². The van der Waals surface area contributed by atoms with Crippen LogP contribution in [0.5, 0.6) is 0 Å². The quantitative estimate of drug-likeness (QED) is 0.891. The lowest BCUT2D eigenvalue weighted by Crippen LogP contribution is -2.45. The molecular weight excluding hydrogens is 250 g/mol. The molecule has 2 heterocycles. The lowest BCUT2D eigenvalue weighted by atomic mass is 9.92. The Hall–Kier alpha value is -1.00. The van der Waals surface area contributed by atoms with Crippen LogP contribution in [0.2, 0.25) is 5.02 Å². The summed E-state index contributed by atoms with van der Waals surface area (Å²) in [6, 6.07) is 1.86. The number of hydrogen-bond donors (Lipinski definition) is 1. The molecule has 18 heavy (non-hydrogen) atoms. The fourth-order valence-electron chi connectivity index (χ4n) is 2.52. The van der Waals surface area contributed by atoms with Crippen LogP contribution in [0.4, 0.5) is 0 Å². The van der Waals surface area contributed by atoms with E-state index in [1.165, 1.54) is 0 Å². The zero-order valence-corrected chi connectivity index (χ0v) is 11.7. The highest BCUT2D eigenvalue weighted by Crippen LogP contribution is 2.22. The first-order valence-electron chi connectivity index (χ1n) is 6.35. The van der Waals surface area contributed by atoms with Crippen molar-refractivity contribution in [2.24, 2.45) is 18.7 Å². The minimum absolute atomic E-state index is 0.0507. The number of likely N-dealkylation sites (tertiary alicyclic amines) is 1. The standard InChI is InChI=1S/C13H20ClN3O/c1-9(15)10-4-3-5-17(7-10)13(18)12-6-11(14)8-16(12)2/h6,8-10H,3-5,7,15H2,1-2H3. The number of aromatic nitrogens is 1. The number of rotatable bonds is 2. The molecule has 0 spiro atoms. The summed E-state index contributed by atoms with van der Waals surface area (Å²) in [6.07, 6.45) is 3.88. The van der Waals surface area contributed by atoms with Gasteiger partial charge in [0.1, 0.15) is 5.69 Å². The van der Waals surface area contributed by atoms with Crippen LogP contribution in [0.25, 0.3) is 0 Å². The number of halogens is 1. The van der Waals surface area contributed by atoms with Gasteiger partial charge in [0.25, 0.3) is 5.91 Å². The van der Waals surface area contributed by atoms with E-state index in [0.29, 0.717) is 16.6 Å². The van der Waals surface area contributed by atoms with Crippen LogP contribution in [-0.4, -0.2) is 34.5 Å². The Balaban J connectivity index is 2.11. The third-order valence-electron chi connectivity index (χ3n) is 3.68. The van der Waals surface area contributed by atoms with Crippen LogP contribution in [0.15, 0.2) is 12.3 Å². The molecule has 5 heteroatoms. The van der Waals surface area contributed by atoms with E-state index < -0.39 is 0 Å². The molecular formula is C13H20ClN3O. The summed E-state index contributed by atoms with van der Waals surface area (Å²) in [5, 5.41) is 0.599. The average molecular weight is 270 g/mol. The van der Waals surface area contributed by atoms with E-state index in [1.54, 1.807) is 16.8 Å². The third-order valence-corrected chi connectivity index (χ3v) is 3.89. The Kier molecular flexibility index (Phi) is 3.97. The van der Waals surface area contributed by atoms with Crippen molar-refractivity contribution in [2.75, 3.05) is 13.1 Å². The maximum atomic E-state index is 12.4. The molecule has 1 amide bonds. The van der Waals surface area contributed by atoms with Crippen molar-refractivity contribution in [1.29, 1.82) is 0 Å². The predicted molar refractivity (Wildman–Crippen MR) is 72.7 cm³/mol. The smallest absolute Gasteiger partial charge is 0.270 e. The van der Waals surface area contributed by atoms with Crippen molar-refractivity contribution in [3.63, 3.8) is 0 Å². The van der Waals surface area contributed by atoms with Gasteiger partial charge in [-0.3, -0.25) is 4.79 Å². The van der Waals surface area contributed by atoms with E-state index in [4.69, 9.17) is 17.3 Å². The maximum Gasteiger partial charge on any atom is 0.270 e. The molecule has 1 aliphatic rings. The van der Waals surface area contributed by atoms with Gasteiger partial charge in [-0.2, -0.15) is 0 Å². The minimum atomic E-state index is 0.0507. The Labute approximate surface area is 113 Å². The topological polar surface area (TPSA) is 51.3 Å². The van der Waals surface area contributed by atoms with Gasteiger partial charge in [0.05, 0.1) is 5.02 Å². The van der Waals surface area contributed by atoms with Gasteiger partial charge in [0.2, 0.25) is 0 Å². The Bertz CT molecular complexity index is 441. The molecule has 0 aliphatic carbocycles. The third kappa shape index (κ3) is 2.70. The number of hydrogen-bond acceptors (Lipinski definition) is 2. The van der Waals surface area contributed by atoms with Crippen LogP contribution in [0.3, 0.4) is 0 Å². The van der Waals surface area contributed by atoms with Gasteiger partial charge in [0, 0.05) is 32.4 Å². The second kappa shape index (κ2) is 5.33. The van der Waals surface area contributed by atoms with Crippen molar-refractivity contribution in [3.05, 3.63) is 23.0 Å². The summed E-state index contributed by atoms with van der Waals surface area (Å²) in [5.41, 5.74) is 6.58. The Morgan fingerprint density at radius 1 is 1.61 bits per heavy atom. The van der Waals surface area contributed by atoms with Gasteiger partial charge in [-0.25, -0.2) is 0 Å². The van der Waals surface area contributed by atoms with E-state index in [1.807, 2.05) is 18.9 Å². The van der Waals surface area contributed by atoms with E-state index >= 15 is 0 Å². The van der Waals surface area contributed by atoms with Gasteiger partial charge < -0.3 is 15.2 Å². The molecule has 1 aromatic rings. The number of carbonyl (C=O) groups excluding carboxylic acids is 1. The number of aryl methyl sites for hydroxylation is 1. The van der Waals surface area contributed by atoms with Crippen LogP contribution in [-0.2, 0) is 7.05 Å². The van der Waals surface area contributed by atoms with E-state index in [9.17, 15) is 4.79 Å². The molecule has 0 bridgehead atoms. The number of nitrogens with zero attached hydrogens (tertiary/aromatic N) is 2. The highest BCUT2D eigenvalue weighted by molar-refractivity contribution is 6.31. The van der Waals surface area contributed by atoms with Gasteiger partial charge in [0.15, 0.2) is 0 Å². The molecule has 4 nitrogen and oxygen atoms in total. The van der Waals surface area contributed by atoms with Gasteiger partial charge in [-0.15, -0.1) is 0 Å². The number of amides is 1. The summed E-state index contributed by atoms with van der Waals surface area (Å²) in [5.74, 6) is 0.452. The molecule has 2 rings (SSSR count). The van der Waals surface area contributed by atoms with Crippen molar-refractivity contribution >= 4 is 17.5 Å². The molecule has 0 aromatic carbocycles. The summed E-state index contributed by atoms with van der Waals surface area (Å²) >= 11 is 5.92. The second-order valence-electron chi connectivity index (χ2n) is 5.17. The number of piperidine rings is 1. The first-order chi connectivity index (χ1) is 8.49. The average Bonchev–Trinajstić information content (AvgIpc) is 2.67. The largest absolute Gasteiger partial charge is 0.345 e. The molecule has 2 unspecified atom stereocenters. The summed E-state index contributed by atoms with van der Waals surface area (Å²) < 4.78 is 1.78. The fraction of sp³-hybridized carbons (Fsp3) is 0.615. The second-order valence-corrected chi connectivity index (χ2v) is 5.60. The van der Waals surface area contributed by atoms with E-state index in [-0.39, 0.29) is 11.9 Å². The summed E-state index contributed by atoms with van der Waals surface area (Å²) in [7, 11) is 1.84. The summed E-state index contributed by atoms with van der Waals surface area (Å²) in [6.45, 7) is 3.57. The monoisotopic (exact) mass is 269 g/mol. The first-order valence-corrected chi connectivity index (χ1v) is 6.73. The van der Waals surface area contributed by atoms with Crippen molar-refractivity contribution in [1.82, 2.24) is 9.47 Å². The fourth-order valence-corrected chi connectivity index (χ4v) is 2.77. The molecule has 0 saturated carbocycles. The van der Waals surface area contributed by atoms with E-state index in [2.05, 4.69) is 0 Å². The molecule has 1 saturated heterocycles. The van der Waals surface area contributed by atoms with Gasteiger partial charge >= 0.3 is 0 Å². The van der Waals surface area contributed by atoms with Crippen molar-refractivity contribution < 1.29 is 4.79 Å². The van der Waals surface area contributed by atoms with Crippen molar-refractivity contribution in [2.45, 2.75) is 25.8 Å². The molecule has 2 atom stereocenters. The minimum Gasteiger partial charge on any atom is -0.345 e. The lowest BCUT2D eigenvalue weighted by Gasteiger charge is -2.34. The SMILES string of the molecule is CC(N)C1CCCN(C(=O)c2cc(Cl)cn2C)C1. The Morgan fingerprint density at radius 2 is 2.33 bits per heavy atom. The van der Waals surface area contributed by atoms with Crippen LogP contribution < -0.4 is 5.73 Å². The zero-order chi connectivity index (χ0) is 13.3. The molecule has 0 radical (unpaired) electrons. The molecule has 1 aromatic heterocycles. The molecule has 100 valence electrons. The maximum absolute atomic E-state index is 12.4. The van der Waals surface area contributed by atoms with Gasteiger partial charge in [-0.1, -0.05) is 11.6 Å². The van der Waals surface area contributed by atoms with Crippen LogP contribution >= 0.6 is 11.6 Å². The number of nitrogens with two attached hydrogens (primary N) is 1. The molecule has 1 aliphatic heterocycles. The zero-order valence-electron chi connectivity index (χ0n) is 10.9. The summed E-state index contributed by atoms with van der Waals surface area (Å²) in [4.78, 5) is 14.3. The molecule has 2 N–H and O–H groups in total. The highest BCUT2D eigenvalue weighted by Gasteiger charge is 2.27. The van der Waals surface area contributed by atoms with E-state index in [0.717, 1.165) is 25.9 Å². The van der Waals surface area contributed by atoms with Crippen LogP contribution in [0, 0.1) is 5.92 Å². The predicted octanol–water partition coefficient (Wildman–Crippen LogP) is 1.88. The molecule has 1 fully saturated rings. The number of carbonyl (C=O) groups is 1. The van der Waals surface area contributed by atoms with Crippen molar-refractivity contribution in [3.8, 4) is 0 Å². The van der Waals surface area contributed by atoms with Crippen LogP contribution in [0.1, 0.15) is 30.3 Å². The highest BCUT2D eigenvalue weighted by atomic mass is 35.5. The normalized spacial score (nSPS) is 22.0. The Morgan fingerprint density at radius 3 is 2.89 bits per heavy atom. The lowest BCUT2D eigenvalue weighted by molar-refractivity contribution is 0.0651. The first kappa shape index (κ1) is 13.4.